The number of benzene rings is 3. The average molecular weight is 594 g/mol. The molecule has 11 nitrogen and oxygen atoms in total. The Kier molecular flexibility index (Phi) is 10.0. The number of nitrogens with zero attached hydrogens (tertiary/aromatic N) is 2. The Labute approximate surface area is 249 Å². The van der Waals surface area contributed by atoms with Gasteiger partial charge in [-0.2, -0.15) is 0 Å². The number of carbonyl (C=O) groups excluding carboxylic acids is 3. The van der Waals surface area contributed by atoms with Gasteiger partial charge >= 0.3 is 12.1 Å². The summed E-state index contributed by atoms with van der Waals surface area (Å²) in [6, 6.07) is 15.5. The predicted octanol–water partition coefficient (Wildman–Crippen LogP) is 4.86. The molecule has 1 aliphatic rings. The van der Waals surface area contributed by atoms with Crippen molar-refractivity contribution in [2.45, 2.75) is 26.0 Å². The minimum Gasteiger partial charge on any atom is -0.497 e. The molecule has 0 fully saturated rings. The van der Waals surface area contributed by atoms with Crippen LogP contribution in [0.2, 0.25) is 0 Å². The molecule has 0 bridgehead atoms. The molecule has 3 aromatic rings. The standard InChI is InChI=1S/C31H36FN5O6/c1-19-16-37(20(2)18-38)29(39)25-6-5-7-26(35-30(40)33-22-10-8-21(32)9-11-22)28(25)43-27(19)17-36(3)31(41)34-23-12-14-24(42-4)15-13-23/h5-15,19-20,27,38H,16-18H2,1-4H3,(H,34,41)(H2,33,35,40)/t19-,20+,27+/m1/s1. The number of para-hydroxylation sites is 1. The highest BCUT2D eigenvalue weighted by Crippen LogP contribution is 2.35. The number of ether oxygens (including phenoxy) is 2. The van der Waals surface area contributed by atoms with E-state index < -0.39 is 24.0 Å². The molecule has 0 aromatic heterocycles. The number of methoxy groups -OCH3 is 1. The molecule has 1 aliphatic heterocycles. The van der Waals surface area contributed by atoms with Crippen LogP contribution >= 0.6 is 0 Å². The van der Waals surface area contributed by atoms with Crippen LogP contribution in [0.3, 0.4) is 0 Å². The summed E-state index contributed by atoms with van der Waals surface area (Å²) in [6.07, 6.45) is -0.602. The molecule has 4 N–H and O–H groups in total. The summed E-state index contributed by atoms with van der Waals surface area (Å²) in [6.45, 7) is 3.80. The van der Waals surface area contributed by atoms with Crippen molar-refractivity contribution in [3.63, 3.8) is 0 Å². The molecule has 1 heterocycles. The lowest BCUT2D eigenvalue weighted by Gasteiger charge is -2.38. The van der Waals surface area contributed by atoms with Crippen LogP contribution in [0, 0.1) is 11.7 Å². The number of halogens is 1. The Morgan fingerprint density at radius 2 is 1.72 bits per heavy atom. The second-order valence-electron chi connectivity index (χ2n) is 10.4. The highest BCUT2D eigenvalue weighted by atomic mass is 19.1. The van der Waals surface area contributed by atoms with Gasteiger partial charge in [-0.15, -0.1) is 0 Å². The molecule has 12 heteroatoms. The van der Waals surface area contributed by atoms with Crippen molar-refractivity contribution in [2.24, 2.45) is 5.92 Å². The molecule has 0 radical (unpaired) electrons. The zero-order chi connectivity index (χ0) is 31.1. The van der Waals surface area contributed by atoms with Crippen LogP contribution < -0.4 is 25.4 Å². The van der Waals surface area contributed by atoms with Crippen LogP contribution in [0.15, 0.2) is 66.7 Å². The zero-order valence-electron chi connectivity index (χ0n) is 24.5. The van der Waals surface area contributed by atoms with Crippen molar-refractivity contribution < 1.29 is 33.4 Å². The third-order valence-electron chi connectivity index (χ3n) is 7.18. The maximum atomic E-state index is 13.7. The van der Waals surface area contributed by atoms with Gasteiger partial charge in [-0.1, -0.05) is 13.0 Å². The summed E-state index contributed by atoms with van der Waals surface area (Å²) < 4.78 is 24.9. The quantitative estimate of drug-likeness (QED) is 0.295. The summed E-state index contributed by atoms with van der Waals surface area (Å²) >= 11 is 0. The first-order valence-electron chi connectivity index (χ1n) is 13.8. The van der Waals surface area contributed by atoms with Gasteiger partial charge in [-0.05, 0) is 67.6 Å². The van der Waals surface area contributed by atoms with Gasteiger partial charge in [0.25, 0.3) is 5.91 Å². The summed E-state index contributed by atoms with van der Waals surface area (Å²) in [5.74, 6) is -0.281. The predicted molar refractivity (Wildman–Crippen MR) is 161 cm³/mol. The number of aliphatic hydroxyl groups is 1. The van der Waals surface area contributed by atoms with E-state index in [2.05, 4.69) is 16.0 Å². The summed E-state index contributed by atoms with van der Waals surface area (Å²) in [7, 11) is 3.19. The van der Waals surface area contributed by atoms with E-state index in [0.29, 0.717) is 17.1 Å². The van der Waals surface area contributed by atoms with E-state index in [1.165, 1.54) is 29.2 Å². The van der Waals surface area contributed by atoms with Crippen molar-refractivity contribution in [1.82, 2.24) is 9.80 Å². The first-order chi connectivity index (χ1) is 20.6. The van der Waals surface area contributed by atoms with Gasteiger partial charge in [-0.25, -0.2) is 14.0 Å². The zero-order valence-corrected chi connectivity index (χ0v) is 24.5. The van der Waals surface area contributed by atoms with Gasteiger partial charge in [0, 0.05) is 30.9 Å². The van der Waals surface area contributed by atoms with Gasteiger partial charge in [-0.3, -0.25) is 4.79 Å². The minimum atomic E-state index is -0.626. The van der Waals surface area contributed by atoms with Gasteiger partial charge in [0.05, 0.1) is 37.6 Å². The number of amides is 5. The Hall–Kier alpha value is -4.84. The molecule has 0 aliphatic carbocycles. The molecule has 3 atom stereocenters. The number of aliphatic hydroxyl groups excluding tert-OH is 1. The van der Waals surface area contributed by atoms with E-state index in [9.17, 15) is 23.9 Å². The van der Waals surface area contributed by atoms with Crippen molar-refractivity contribution in [1.29, 1.82) is 0 Å². The van der Waals surface area contributed by atoms with Crippen LogP contribution in [-0.2, 0) is 0 Å². The Morgan fingerprint density at radius 3 is 2.37 bits per heavy atom. The maximum absolute atomic E-state index is 13.7. The van der Waals surface area contributed by atoms with Gasteiger partial charge in [0.1, 0.15) is 17.7 Å². The average Bonchev–Trinajstić information content (AvgIpc) is 3.00. The van der Waals surface area contributed by atoms with Crippen molar-refractivity contribution in [3.8, 4) is 11.5 Å². The molecule has 5 amide bonds. The Morgan fingerprint density at radius 1 is 1.07 bits per heavy atom. The van der Waals surface area contributed by atoms with Gasteiger partial charge in [0.15, 0.2) is 5.75 Å². The lowest BCUT2D eigenvalue weighted by Crippen LogP contribution is -2.50. The van der Waals surface area contributed by atoms with Crippen LogP contribution in [0.25, 0.3) is 0 Å². The number of likely N-dealkylation sites (N-methyl/N-ethyl adjacent to an activating group) is 1. The van der Waals surface area contributed by atoms with E-state index in [-0.39, 0.29) is 54.6 Å². The molecule has 4 rings (SSSR count). The lowest BCUT2D eigenvalue weighted by atomic mass is 9.99. The van der Waals surface area contributed by atoms with E-state index in [1.54, 1.807) is 68.4 Å². The number of fused-ring (bicyclic) bond motifs is 1. The van der Waals surface area contributed by atoms with Crippen LogP contribution in [-0.4, -0.2) is 78.9 Å². The molecular weight excluding hydrogens is 557 g/mol. The summed E-state index contributed by atoms with van der Waals surface area (Å²) in [5.41, 5.74) is 1.38. The summed E-state index contributed by atoms with van der Waals surface area (Å²) in [5, 5.41) is 18.1. The van der Waals surface area contributed by atoms with Gasteiger partial charge < -0.3 is 40.3 Å². The normalized spacial score (nSPS) is 17.0. The molecular formula is C31H36FN5O6. The van der Waals surface area contributed by atoms with E-state index in [1.807, 2.05) is 6.92 Å². The van der Waals surface area contributed by atoms with Crippen LogP contribution in [0.4, 0.5) is 31.0 Å². The number of hydrogen-bond acceptors (Lipinski definition) is 6. The molecule has 0 unspecified atom stereocenters. The molecule has 3 aromatic carbocycles. The molecule has 0 saturated carbocycles. The smallest absolute Gasteiger partial charge is 0.323 e. The number of hydrogen-bond donors (Lipinski definition) is 4. The highest BCUT2D eigenvalue weighted by molar-refractivity contribution is 6.04. The summed E-state index contributed by atoms with van der Waals surface area (Å²) in [4.78, 5) is 42.6. The van der Waals surface area contributed by atoms with Gasteiger partial charge in [0.2, 0.25) is 0 Å². The van der Waals surface area contributed by atoms with Crippen LogP contribution in [0.1, 0.15) is 24.2 Å². The highest BCUT2D eigenvalue weighted by Gasteiger charge is 2.35. The fraction of sp³-hybridized carbons (Fsp3) is 0.323. The molecule has 0 spiro atoms. The number of anilines is 3. The molecule has 43 heavy (non-hydrogen) atoms. The number of carbonyl (C=O) groups is 3. The molecule has 0 saturated heterocycles. The first-order valence-corrected chi connectivity index (χ1v) is 13.8. The van der Waals surface area contributed by atoms with Crippen molar-refractivity contribution >= 4 is 35.0 Å². The topological polar surface area (TPSA) is 132 Å². The number of nitrogens with one attached hydrogen (secondary N) is 3. The Bertz CT molecular complexity index is 1440. The second-order valence-corrected chi connectivity index (χ2v) is 10.4. The fourth-order valence-electron chi connectivity index (χ4n) is 4.62. The van der Waals surface area contributed by atoms with Crippen molar-refractivity contribution in [3.05, 3.63) is 78.1 Å². The third-order valence-corrected chi connectivity index (χ3v) is 7.18. The largest absolute Gasteiger partial charge is 0.497 e. The second kappa shape index (κ2) is 13.9. The number of rotatable bonds is 8. The minimum absolute atomic E-state index is 0.136. The monoisotopic (exact) mass is 593 g/mol. The first kappa shape index (κ1) is 31.1. The molecule has 228 valence electrons. The Balaban J connectivity index is 1.59. The SMILES string of the molecule is COc1ccc(NC(=O)N(C)C[C@@H]2Oc3c(NC(=O)Nc4ccc(F)cc4)cccc3C(=O)N([C@@H](C)CO)C[C@H]2C)cc1. The van der Waals surface area contributed by atoms with E-state index in [0.717, 1.165) is 0 Å². The third kappa shape index (κ3) is 7.72. The van der Waals surface area contributed by atoms with E-state index in [4.69, 9.17) is 9.47 Å². The number of urea groups is 2. The lowest BCUT2D eigenvalue weighted by molar-refractivity contribution is 0.0373. The van der Waals surface area contributed by atoms with E-state index >= 15 is 0 Å². The maximum Gasteiger partial charge on any atom is 0.323 e. The van der Waals surface area contributed by atoms with Crippen LogP contribution in [0.5, 0.6) is 11.5 Å². The fourth-order valence-corrected chi connectivity index (χ4v) is 4.62. The van der Waals surface area contributed by atoms with Crippen molar-refractivity contribution in [2.75, 3.05) is 49.8 Å².